The fourth-order valence-electron chi connectivity index (χ4n) is 2.62. The zero-order valence-corrected chi connectivity index (χ0v) is 10.6. The van der Waals surface area contributed by atoms with E-state index in [0.29, 0.717) is 5.92 Å². The Hall–Kier alpha value is -1.39. The molecule has 1 aliphatic carbocycles. The molecule has 1 aliphatic rings. The molecule has 0 N–H and O–H groups in total. The summed E-state index contributed by atoms with van der Waals surface area (Å²) in [5, 5.41) is 8.17. The highest BCUT2D eigenvalue weighted by molar-refractivity contribution is 5.77. The first-order chi connectivity index (χ1) is 8.15. The maximum Gasteiger partial charge on any atom is 0.316 e. The van der Waals surface area contributed by atoms with Gasteiger partial charge in [0.2, 0.25) is 0 Å². The number of carbonyl (C=O) groups excluding carboxylic acids is 1. The van der Waals surface area contributed by atoms with Crippen LogP contribution in [0.15, 0.2) is 0 Å². The highest BCUT2D eigenvalue weighted by Gasteiger charge is 2.36. The van der Waals surface area contributed by atoms with Gasteiger partial charge >= 0.3 is 5.97 Å². The van der Waals surface area contributed by atoms with Crippen LogP contribution < -0.4 is 0 Å². The average Bonchev–Trinajstić information content (AvgIpc) is 2.94. The van der Waals surface area contributed by atoms with Crippen LogP contribution in [0.2, 0.25) is 0 Å². The van der Waals surface area contributed by atoms with E-state index < -0.39 is 0 Å². The van der Waals surface area contributed by atoms with Crippen LogP contribution in [-0.2, 0) is 16.6 Å². The van der Waals surface area contributed by atoms with Crippen LogP contribution in [0.3, 0.4) is 0 Å². The van der Waals surface area contributed by atoms with Gasteiger partial charge in [0.15, 0.2) is 0 Å². The average molecular weight is 237 g/mol. The Kier molecular flexibility index (Phi) is 3.45. The first kappa shape index (κ1) is 12.1. The molecule has 0 bridgehead atoms. The Bertz CT molecular complexity index is 408. The monoisotopic (exact) mass is 237 g/mol. The van der Waals surface area contributed by atoms with E-state index in [1.165, 1.54) is 20.0 Å². The molecule has 0 spiro atoms. The van der Waals surface area contributed by atoms with Gasteiger partial charge in [-0.05, 0) is 25.7 Å². The van der Waals surface area contributed by atoms with Gasteiger partial charge < -0.3 is 9.30 Å². The summed E-state index contributed by atoms with van der Waals surface area (Å²) in [5.74, 6) is 1.47. The lowest BCUT2D eigenvalue weighted by Crippen LogP contribution is -2.24. The standard InChI is InChI=1S/C12H19N3O2/c1-8-13-14-11(15(8)2)10(12(16)17-3)9-6-4-5-7-9/h9-10H,4-7H2,1-3H3. The van der Waals surface area contributed by atoms with Crippen LogP contribution in [0.5, 0.6) is 0 Å². The Morgan fingerprint density at radius 2 is 2.06 bits per heavy atom. The molecule has 0 saturated heterocycles. The number of esters is 1. The Balaban J connectivity index is 2.32. The molecular weight excluding hydrogens is 218 g/mol. The van der Waals surface area contributed by atoms with Crippen LogP contribution in [0.25, 0.3) is 0 Å². The van der Waals surface area contributed by atoms with Gasteiger partial charge in [-0.15, -0.1) is 10.2 Å². The molecule has 1 aromatic rings. The van der Waals surface area contributed by atoms with Crippen molar-refractivity contribution in [2.75, 3.05) is 7.11 Å². The van der Waals surface area contributed by atoms with E-state index >= 15 is 0 Å². The SMILES string of the molecule is COC(=O)C(c1nnc(C)n1C)C1CCCC1. The Morgan fingerprint density at radius 3 is 2.53 bits per heavy atom. The number of nitrogens with zero attached hydrogens (tertiary/aromatic N) is 3. The number of ether oxygens (including phenoxy) is 1. The Morgan fingerprint density at radius 1 is 1.41 bits per heavy atom. The van der Waals surface area contributed by atoms with Crippen LogP contribution in [0.1, 0.15) is 43.3 Å². The van der Waals surface area contributed by atoms with Crippen LogP contribution in [0, 0.1) is 12.8 Å². The van der Waals surface area contributed by atoms with Crippen molar-refractivity contribution >= 4 is 5.97 Å². The molecular formula is C12H19N3O2. The number of carbonyl (C=O) groups is 1. The maximum atomic E-state index is 12.0. The lowest BCUT2D eigenvalue weighted by Gasteiger charge is -2.20. The topological polar surface area (TPSA) is 57.0 Å². The van der Waals surface area contributed by atoms with Crippen molar-refractivity contribution in [3.8, 4) is 0 Å². The first-order valence-electron chi connectivity index (χ1n) is 6.09. The lowest BCUT2D eigenvalue weighted by molar-refractivity contribution is -0.144. The highest BCUT2D eigenvalue weighted by Crippen LogP contribution is 2.37. The summed E-state index contributed by atoms with van der Waals surface area (Å²) in [5.41, 5.74) is 0. The van der Waals surface area contributed by atoms with E-state index in [-0.39, 0.29) is 11.9 Å². The molecule has 5 heteroatoms. The smallest absolute Gasteiger partial charge is 0.316 e. The maximum absolute atomic E-state index is 12.0. The van der Waals surface area contributed by atoms with Gasteiger partial charge in [0.05, 0.1) is 7.11 Å². The Labute approximate surface area is 101 Å². The number of rotatable bonds is 3. The van der Waals surface area contributed by atoms with E-state index in [0.717, 1.165) is 24.5 Å². The van der Waals surface area contributed by atoms with Gasteiger partial charge in [-0.3, -0.25) is 4.79 Å². The second-order valence-electron chi connectivity index (χ2n) is 4.71. The summed E-state index contributed by atoms with van der Waals surface area (Å²) in [7, 11) is 3.34. The fraction of sp³-hybridized carbons (Fsp3) is 0.750. The predicted octanol–water partition coefficient (Wildman–Crippen LogP) is 1.57. The van der Waals surface area contributed by atoms with Gasteiger partial charge in [-0.1, -0.05) is 12.8 Å². The van der Waals surface area contributed by atoms with E-state index in [1.807, 2.05) is 18.5 Å². The minimum Gasteiger partial charge on any atom is -0.468 e. The number of methoxy groups -OCH3 is 1. The molecule has 1 aromatic heterocycles. The van der Waals surface area contributed by atoms with Crippen LogP contribution >= 0.6 is 0 Å². The number of aromatic nitrogens is 3. The summed E-state index contributed by atoms with van der Waals surface area (Å²) in [6.07, 6.45) is 4.53. The second-order valence-corrected chi connectivity index (χ2v) is 4.71. The third-order valence-electron chi connectivity index (χ3n) is 3.73. The van der Waals surface area contributed by atoms with Crippen LogP contribution in [-0.4, -0.2) is 27.8 Å². The van der Waals surface area contributed by atoms with Crippen molar-refractivity contribution in [2.24, 2.45) is 13.0 Å². The number of hydrogen-bond acceptors (Lipinski definition) is 4. The molecule has 1 unspecified atom stereocenters. The summed E-state index contributed by atoms with van der Waals surface area (Å²) in [6, 6.07) is 0. The van der Waals surface area contributed by atoms with Crippen molar-refractivity contribution in [1.29, 1.82) is 0 Å². The van der Waals surface area contributed by atoms with Gasteiger partial charge in [-0.25, -0.2) is 0 Å². The molecule has 1 fully saturated rings. The molecule has 2 rings (SSSR count). The zero-order chi connectivity index (χ0) is 12.4. The summed E-state index contributed by atoms with van der Waals surface area (Å²) < 4.78 is 6.81. The van der Waals surface area contributed by atoms with Crippen LogP contribution in [0.4, 0.5) is 0 Å². The molecule has 0 radical (unpaired) electrons. The molecule has 1 heterocycles. The number of hydrogen-bond donors (Lipinski definition) is 0. The molecule has 94 valence electrons. The molecule has 0 aliphatic heterocycles. The van der Waals surface area contributed by atoms with Gasteiger partial charge in [0.25, 0.3) is 0 Å². The van der Waals surface area contributed by atoms with E-state index in [9.17, 15) is 4.79 Å². The minimum absolute atomic E-state index is 0.188. The molecule has 5 nitrogen and oxygen atoms in total. The largest absolute Gasteiger partial charge is 0.468 e. The van der Waals surface area contributed by atoms with E-state index in [4.69, 9.17) is 4.74 Å². The molecule has 0 amide bonds. The first-order valence-corrected chi connectivity index (χ1v) is 6.09. The molecule has 1 saturated carbocycles. The van der Waals surface area contributed by atoms with Gasteiger partial charge in [0, 0.05) is 7.05 Å². The summed E-state index contributed by atoms with van der Waals surface area (Å²) in [6.45, 7) is 1.89. The van der Waals surface area contributed by atoms with Crippen molar-refractivity contribution in [2.45, 2.75) is 38.5 Å². The summed E-state index contributed by atoms with van der Waals surface area (Å²) in [4.78, 5) is 12.0. The van der Waals surface area contributed by atoms with Crippen molar-refractivity contribution < 1.29 is 9.53 Å². The van der Waals surface area contributed by atoms with Gasteiger partial charge in [-0.2, -0.15) is 0 Å². The van der Waals surface area contributed by atoms with Crippen molar-refractivity contribution in [3.63, 3.8) is 0 Å². The van der Waals surface area contributed by atoms with Gasteiger partial charge in [0.1, 0.15) is 17.6 Å². The lowest BCUT2D eigenvalue weighted by atomic mass is 9.90. The fourth-order valence-corrected chi connectivity index (χ4v) is 2.62. The van der Waals surface area contributed by atoms with E-state index in [2.05, 4.69) is 10.2 Å². The summed E-state index contributed by atoms with van der Waals surface area (Å²) >= 11 is 0. The molecule has 0 aromatic carbocycles. The predicted molar refractivity (Wildman–Crippen MR) is 62.5 cm³/mol. The minimum atomic E-state index is -0.256. The quantitative estimate of drug-likeness (QED) is 0.749. The normalized spacial score (nSPS) is 18.3. The molecule has 17 heavy (non-hydrogen) atoms. The zero-order valence-electron chi connectivity index (χ0n) is 10.6. The third-order valence-corrected chi connectivity index (χ3v) is 3.73. The molecule has 1 atom stereocenters. The highest BCUT2D eigenvalue weighted by atomic mass is 16.5. The third kappa shape index (κ3) is 2.18. The van der Waals surface area contributed by atoms with E-state index in [1.54, 1.807) is 0 Å². The number of aryl methyl sites for hydroxylation is 1. The van der Waals surface area contributed by atoms with Crippen molar-refractivity contribution in [3.05, 3.63) is 11.6 Å². The van der Waals surface area contributed by atoms with Crippen molar-refractivity contribution in [1.82, 2.24) is 14.8 Å². The second kappa shape index (κ2) is 4.85.